The maximum atomic E-state index is 11.9. The number of carbonyl (C=O) groups is 2. The Balaban J connectivity index is 1.71. The van der Waals surface area contributed by atoms with Crippen LogP contribution in [0.3, 0.4) is 0 Å². The van der Waals surface area contributed by atoms with Gasteiger partial charge in [-0.25, -0.2) is 4.79 Å². The number of carboxylic acids is 1. The van der Waals surface area contributed by atoms with Gasteiger partial charge in [-0.1, -0.05) is 13.0 Å². The van der Waals surface area contributed by atoms with E-state index in [0.29, 0.717) is 28.9 Å². The maximum absolute atomic E-state index is 11.9. The number of pyridine rings is 1. The van der Waals surface area contributed by atoms with Crippen LogP contribution in [-0.4, -0.2) is 47.2 Å². The number of aromatic nitrogens is 1. The van der Waals surface area contributed by atoms with Gasteiger partial charge in [0.25, 0.3) is 0 Å². The summed E-state index contributed by atoms with van der Waals surface area (Å²) in [4.78, 5) is 27.8. The van der Waals surface area contributed by atoms with Crippen LogP contribution < -0.4 is 21.1 Å². The van der Waals surface area contributed by atoms with Crippen molar-refractivity contribution in [1.82, 2.24) is 15.6 Å². The van der Waals surface area contributed by atoms with Gasteiger partial charge in [-0.05, 0) is 51.3 Å². The summed E-state index contributed by atoms with van der Waals surface area (Å²) >= 11 is 0. The summed E-state index contributed by atoms with van der Waals surface area (Å²) in [6, 6.07) is 5.58. The molecule has 156 valence electrons. The number of hydrogen-bond donors (Lipinski definition) is 4. The van der Waals surface area contributed by atoms with Crippen molar-refractivity contribution >= 4 is 28.5 Å². The number of nitrogens with two attached hydrogens (primary N) is 1. The lowest BCUT2D eigenvalue weighted by atomic mass is 9.92. The summed E-state index contributed by atoms with van der Waals surface area (Å²) in [7, 11) is 0. The van der Waals surface area contributed by atoms with Gasteiger partial charge in [0.1, 0.15) is 11.3 Å². The van der Waals surface area contributed by atoms with E-state index in [4.69, 9.17) is 10.5 Å². The fourth-order valence-corrected chi connectivity index (χ4v) is 3.83. The van der Waals surface area contributed by atoms with Gasteiger partial charge in [0.05, 0.1) is 34.9 Å². The molecule has 1 fully saturated rings. The van der Waals surface area contributed by atoms with Crippen molar-refractivity contribution in [2.24, 2.45) is 0 Å². The second kappa shape index (κ2) is 9.09. The summed E-state index contributed by atoms with van der Waals surface area (Å²) in [6.07, 6.45) is 3.25. The molecule has 5 N–H and O–H groups in total. The quantitative estimate of drug-likeness (QED) is 0.561. The van der Waals surface area contributed by atoms with Crippen LogP contribution in [0.15, 0.2) is 18.2 Å². The molecule has 1 aliphatic rings. The predicted molar refractivity (Wildman–Crippen MR) is 111 cm³/mol. The van der Waals surface area contributed by atoms with Crippen LogP contribution in [0.25, 0.3) is 10.9 Å². The van der Waals surface area contributed by atoms with Gasteiger partial charge in [0.15, 0.2) is 0 Å². The number of nitrogens with one attached hydrogen (secondary N) is 2. The van der Waals surface area contributed by atoms with Crippen LogP contribution in [0, 0.1) is 6.92 Å². The number of rotatable bonds is 7. The van der Waals surface area contributed by atoms with Crippen molar-refractivity contribution in [2.75, 3.05) is 18.8 Å². The van der Waals surface area contributed by atoms with E-state index in [0.717, 1.165) is 32.2 Å². The summed E-state index contributed by atoms with van der Waals surface area (Å²) in [6.45, 7) is 4.70. The van der Waals surface area contributed by atoms with Gasteiger partial charge in [0.2, 0.25) is 5.91 Å². The number of benzene rings is 1. The van der Waals surface area contributed by atoms with Gasteiger partial charge >= 0.3 is 5.97 Å². The molecule has 8 heteroatoms. The highest BCUT2D eigenvalue weighted by atomic mass is 16.5. The summed E-state index contributed by atoms with van der Waals surface area (Å²) in [5.41, 5.74) is 7.38. The number of hydrogen-bond acceptors (Lipinski definition) is 6. The molecule has 0 unspecified atom stereocenters. The molecule has 1 heterocycles. The van der Waals surface area contributed by atoms with E-state index >= 15 is 0 Å². The standard InChI is InChI=1S/C21H28N4O4/c1-3-23-11-17(26)25-13-7-9-14(10-8-13)29-16-6-4-5-15-19(16)20(22)18(21(27)28)12(2)24-15/h4-6,13-14,23H,3,7-11H2,1-2H3,(H2,22,24)(H,25,26)(H,27,28). The molecule has 1 saturated carbocycles. The van der Waals surface area contributed by atoms with E-state index in [9.17, 15) is 14.7 Å². The number of carboxylic acid groups (broad SMARTS) is 1. The number of nitrogens with zero attached hydrogens (tertiary/aromatic N) is 1. The lowest BCUT2D eigenvalue weighted by Crippen LogP contribution is -2.43. The predicted octanol–water partition coefficient (Wildman–Crippen LogP) is 2.24. The topological polar surface area (TPSA) is 127 Å². The van der Waals surface area contributed by atoms with E-state index in [-0.39, 0.29) is 29.3 Å². The van der Waals surface area contributed by atoms with Crippen molar-refractivity contribution in [3.8, 4) is 5.75 Å². The van der Waals surface area contributed by atoms with Crippen LogP contribution in [0.4, 0.5) is 5.69 Å². The lowest BCUT2D eigenvalue weighted by Gasteiger charge is -2.30. The highest BCUT2D eigenvalue weighted by Gasteiger charge is 2.25. The molecule has 0 saturated heterocycles. The molecular weight excluding hydrogens is 372 g/mol. The zero-order chi connectivity index (χ0) is 21.0. The van der Waals surface area contributed by atoms with Crippen LogP contribution in [0.2, 0.25) is 0 Å². The lowest BCUT2D eigenvalue weighted by molar-refractivity contribution is -0.121. The molecular formula is C21H28N4O4. The van der Waals surface area contributed by atoms with E-state index in [1.54, 1.807) is 19.1 Å². The van der Waals surface area contributed by atoms with Crippen LogP contribution >= 0.6 is 0 Å². The molecule has 0 radical (unpaired) electrons. The Bertz CT molecular complexity index is 907. The fourth-order valence-electron chi connectivity index (χ4n) is 3.83. The second-order valence-electron chi connectivity index (χ2n) is 7.38. The zero-order valence-corrected chi connectivity index (χ0v) is 16.8. The van der Waals surface area contributed by atoms with Crippen molar-refractivity contribution < 1.29 is 19.4 Å². The Labute approximate surface area is 169 Å². The molecule has 0 aliphatic heterocycles. The van der Waals surface area contributed by atoms with Gasteiger partial charge in [0, 0.05) is 6.04 Å². The van der Waals surface area contributed by atoms with Crippen LogP contribution in [-0.2, 0) is 4.79 Å². The number of aromatic carboxylic acids is 1. The molecule has 1 aromatic heterocycles. The molecule has 2 aromatic rings. The van der Waals surface area contributed by atoms with Crippen molar-refractivity contribution in [3.05, 3.63) is 29.5 Å². The average Bonchev–Trinajstić information content (AvgIpc) is 2.67. The number of ether oxygens (including phenoxy) is 1. The van der Waals surface area contributed by atoms with Gasteiger partial charge in [-0.15, -0.1) is 0 Å². The van der Waals surface area contributed by atoms with Gasteiger partial charge in [-0.3, -0.25) is 9.78 Å². The molecule has 8 nitrogen and oxygen atoms in total. The number of anilines is 1. The smallest absolute Gasteiger partial charge is 0.339 e. The Morgan fingerprint density at radius 3 is 2.66 bits per heavy atom. The summed E-state index contributed by atoms with van der Waals surface area (Å²) in [5, 5.41) is 16.1. The first kappa shape index (κ1) is 20.9. The van der Waals surface area contributed by atoms with Crippen molar-refractivity contribution in [1.29, 1.82) is 0 Å². The number of likely N-dealkylation sites (N-methyl/N-ethyl adjacent to an activating group) is 1. The Kier molecular flexibility index (Phi) is 6.53. The largest absolute Gasteiger partial charge is 0.490 e. The van der Waals surface area contributed by atoms with E-state index < -0.39 is 5.97 Å². The average molecular weight is 400 g/mol. The van der Waals surface area contributed by atoms with Gasteiger partial charge in [-0.2, -0.15) is 0 Å². The van der Waals surface area contributed by atoms with Crippen LogP contribution in [0.5, 0.6) is 5.75 Å². The molecule has 29 heavy (non-hydrogen) atoms. The third-order valence-electron chi connectivity index (χ3n) is 5.28. The highest BCUT2D eigenvalue weighted by Crippen LogP contribution is 2.35. The number of aryl methyl sites for hydroxylation is 1. The van der Waals surface area contributed by atoms with E-state index in [2.05, 4.69) is 15.6 Å². The number of carbonyl (C=O) groups excluding carboxylic acids is 1. The first-order valence-corrected chi connectivity index (χ1v) is 9.99. The summed E-state index contributed by atoms with van der Waals surface area (Å²) < 4.78 is 6.20. The number of amides is 1. The number of nitrogen functional groups attached to an aromatic ring is 1. The Hall–Kier alpha value is -2.87. The van der Waals surface area contributed by atoms with Crippen molar-refractivity contribution in [3.63, 3.8) is 0 Å². The molecule has 0 bridgehead atoms. The first-order valence-electron chi connectivity index (χ1n) is 9.99. The molecule has 1 aliphatic carbocycles. The Morgan fingerprint density at radius 2 is 2.00 bits per heavy atom. The first-order chi connectivity index (χ1) is 13.9. The van der Waals surface area contributed by atoms with Crippen molar-refractivity contribution in [2.45, 2.75) is 51.7 Å². The summed E-state index contributed by atoms with van der Waals surface area (Å²) in [5.74, 6) is -0.534. The molecule has 0 spiro atoms. The second-order valence-corrected chi connectivity index (χ2v) is 7.38. The maximum Gasteiger partial charge on any atom is 0.339 e. The molecule has 1 amide bonds. The van der Waals surface area contributed by atoms with E-state index in [1.165, 1.54) is 0 Å². The minimum absolute atomic E-state index is 0.0145. The molecule has 1 aromatic carbocycles. The number of fused-ring (bicyclic) bond motifs is 1. The SMILES string of the molecule is CCNCC(=O)NC1CCC(Oc2cccc3nc(C)c(C(=O)O)c(N)c23)CC1. The monoisotopic (exact) mass is 400 g/mol. The van der Waals surface area contributed by atoms with Crippen LogP contribution in [0.1, 0.15) is 48.7 Å². The third kappa shape index (κ3) is 4.76. The minimum atomic E-state index is -1.10. The van der Waals surface area contributed by atoms with E-state index in [1.807, 2.05) is 13.0 Å². The zero-order valence-electron chi connectivity index (χ0n) is 16.8. The Morgan fingerprint density at radius 1 is 1.28 bits per heavy atom. The normalized spacial score (nSPS) is 19.1. The third-order valence-corrected chi connectivity index (χ3v) is 5.28. The molecule has 0 atom stereocenters. The highest BCUT2D eigenvalue weighted by molar-refractivity contribution is 6.06. The fraction of sp³-hybridized carbons (Fsp3) is 0.476. The van der Waals surface area contributed by atoms with Gasteiger partial charge < -0.3 is 26.2 Å². The minimum Gasteiger partial charge on any atom is -0.490 e. The molecule has 3 rings (SSSR count).